The van der Waals surface area contributed by atoms with E-state index in [9.17, 15) is 19.6 Å². The molecule has 1 aromatic carbocycles. The summed E-state index contributed by atoms with van der Waals surface area (Å²) < 4.78 is 37.8. The van der Waals surface area contributed by atoms with Crippen LogP contribution in [0.4, 0.5) is 5.95 Å². The van der Waals surface area contributed by atoms with Gasteiger partial charge in [0.15, 0.2) is 11.9 Å². The van der Waals surface area contributed by atoms with Gasteiger partial charge in [-0.15, -0.1) is 0 Å². The number of H-pyrrole nitrogens is 1. The number of nitrogen functional groups attached to an aromatic ring is 1. The van der Waals surface area contributed by atoms with Crippen molar-refractivity contribution in [2.24, 2.45) is 0 Å². The zero-order valence-electron chi connectivity index (χ0n) is 19.3. The van der Waals surface area contributed by atoms with Crippen LogP contribution >= 0.6 is 31.0 Å². The molecule has 4 heterocycles. The van der Waals surface area contributed by atoms with E-state index in [1.165, 1.54) is 23.8 Å². The number of ether oxygens (including phenoxy) is 1. The number of phosphoric ester groups is 1. The normalized spacial score (nSPS) is 37.4. The quantitative estimate of drug-likeness (QED) is 0.340. The van der Waals surface area contributed by atoms with Gasteiger partial charge in [0, 0.05) is 34.6 Å². The van der Waals surface area contributed by atoms with Crippen LogP contribution in [0.3, 0.4) is 0 Å². The summed E-state index contributed by atoms with van der Waals surface area (Å²) in [6, 6.07) is 6.39. The third kappa shape index (κ3) is 4.03. The first kappa shape index (κ1) is 25.3. The summed E-state index contributed by atoms with van der Waals surface area (Å²) in [4.78, 5) is 18.8. The molecule has 6 rings (SSSR count). The fourth-order valence-electron chi connectivity index (χ4n) is 5.07. The smallest absolute Gasteiger partial charge is 0.387 e. The second-order valence-corrected chi connectivity index (χ2v) is 12.0. The fraction of sp³-hybridized carbons (Fsp3) is 0.455. The Kier molecular flexibility index (Phi) is 5.81. The molecule has 7 atom stereocenters. The number of benzene rings is 1. The van der Waals surface area contributed by atoms with Crippen LogP contribution < -0.4 is 11.3 Å². The van der Waals surface area contributed by atoms with Crippen LogP contribution in [-0.2, 0) is 22.9 Å². The Morgan fingerprint density at radius 1 is 1.35 bits per heavy atom. The van der Waals surface area contributed by atoms with Gasteiger partial charge in [-0.3, -0.25) is 23.3 Å². The van der Waals surface area contributed by atoms with Crippen molar-refractivity contribution in [3.8, 4) is 0 Å². The number of rotatable bonds is 4. The Balaban J connectivity index is 1.24. The van der Waals surface area contributed by atoms with E-state index < -0.39 is 49.1 Å². The molecule has 37 heavy (non-hydrogen) atoms. The Bertz CT molecular complexity index is 1510. The minimum atomic E-state index is -4.08. The van der Waals surface area contributed by atoms with Crippen LogP contribution in [-0.4, -0.2) is 54.8 Å². The van der Waals surface area contributed by atoms with E-state index in [0.29, 0.717) is 22.0 Å². The van der Waals surface area contributed by atoms with E-state index in [0.717, 1.165) is 0 Å². The number of hydrogen-bond donors (Lipinski definition) is 4. The Hall–Kier alpha value is -1.99. The molecule has 3 aromatic rings. The first-order valence-corrected chi connectivity index (χ1v) is 13.7. The molecule has 0 bridgehead atoms. The van der Waals surface area contributed by atoms with Crippen molar-refractivity contribution in [1.29, 1.82) is 0 Å². The number of nitrogens with two attached hydrogens (primary N) is 1. The van der Waals surface area contributed by atoms with Gasteiger partial charge in [-0.1, -0.05) is 29.3 Å². The Labute approximate surface area is 219 Å². The van der Waals surface area contributed by atoms with E-state index >= 15 is 0 Å². The molecule has 12 nitrogen and oxygen atoms in total. The highest BCUT2D eigenvalue weighted by Crippen LogP contribution is 2.66. The number of aromatic amines is 1. The average Bonchev–Trinajstić information content (AvgIpc) is 3.24. The van der Waals surface area contributed by atoms with Crippen molar-refractivity contribution >= 4 is 48.0 Å². The molecule has 2 saturated heterocycles. The predicted octanol–water partition coefficient (Wildman–Crippen LogP) is 3.07. The van der Waals surface area contributed by atoms with Gasteiger partial charge < -0.3 is 25.3 Å². The van der Waals surface area contributed by atoms with Crippen molar-refractivity contribution in [3.63, 3.8) is 0 Å². The summed E-state index contributed by atoms with van der Waals surface area (Å²) in [5.41, 5.74) is 2.77. The lowest BCUT2D eigenvalue weighted by Gasteiger charge is -2.30. The van der Waals surface area contributed by atoms with Gasteiger partial charge in [-0.25, -0.2) is 4.57 Å². The number of hydrogen-bond acceptors (Lipinski definition) is 10. The zero-order valence-corrected chi connectivity index (χ0v) is 21.7. The molecule has 198 valence electrons. The second-order valence-electron chi connectivity index (χ2n) is 9.59. The molecule has 2 aliphatic heterocycles. The van der Waals surface area contributed by atoms with Gasteiger partial charge in [0.2, 0.25) is 5.95 Å². The number of aliphatic hydroxyl groups excluding tert-OH is 1. The summed E-state index contributed by atoms with van der Waals surface area (Å²) in [7, 11) is -4.08. The Morgan fingerprint density at radius 3 is 2.89 bits per heavy atom. The highest BCUT2D eigenvalue weighted by molar-refractivity contribution is 7.48. The SMILES string of the molecule is C[C@@]1(O)[C@H](O)C2(C[C@H]2O[P@]2(=O)OCC[C@H](c3ccc(Cl)cc3Cl)O2)O[C@H]1n1ccc2c(=O)[nH]c(N)nc21. The van der Waals surface area contributed by atoms with E-state index in [-0.39, 0.29) is 30.0 Å². The van der Waals surface area contributed by atoms with Crippen molar-refractivity contribution in [1.82, 2.24) is 14.5 Å². The number of anilines is 1. The van der Waals surface area contributed by atoms with Crippen LogP contribution in [0.5, 0.6) is 0 Å². The molecule has 3 aliphatic rings. The predicted molar refractivity (Wildman–Crippen MR) is 132 cm³/mol. The molecule has 1 spiro atoms. The molecule has 2 aromatic heterocycles. The van der Waals surface area contributed by atoms with E-state index in [1.54, 1.807) is 18.2 Å². The summed E-state index contributed by atoms with van der Waals surface area (Å²) in [5.74, 6) is -0.113. The maximum absolute atomic E-state index is 13.4. The third-order valence-electron chi connectivity index (χ3n) is 7.04. The van der Waals surface area contributed by atoms with Crippen molar-refractivity contribution in [2.75, 3.05) is 12.3 Å². The van der Waals surface area contributed by atoms with Gasteiger partial charge in [0.05, 0.1) is 18.1 Å². The lowest BCUT2D eigenvalue weighted by atomic mass is 9.95. The number of nitrogens with one attached hydrogen (secondary N) is 1. The lowest BCUT2D eigenvalue weighted by Crippen LogP contribution is -2.45. The molecule has 1 unspecified atom stereocenters. The molecule has 0 radical (unpaired) electrons. The zero-order chi connectivity index (χ0) is 26.3. The fourth-order valence-corrected chi connectivity index (χ4v) is 7.20. The van der Waals surface area contributed by atoms with Crippen LogP contribution in [0.25, 0.3) is 11.0 Å². The Morgan fingerprint density at radius 2 is 2.14 bits per heavy atom. The van der Waals surface area contributed by atoms with E-state index in [1.807, 2.05) is 0 Å². The number of phosphoric acid groups is 1. The topological polar surface area (TPSA) is 171 Å². The van der Waals surface area contributed by atoms with Gasteiger partial charge in [0.1, 0.15) is 23.4 Å². The number of aliphatic hydroxyl groups is 2. The summed E-state index contributed by atoms with van der Waals surface area (Å²) in [6.07, 6.45) is -2.17. The maximum Gasteiger partial charge on any atom is 0.475 e. The van der Waals surface area contributed by atoms with Gasteiger partial charge >= 0.3 is 7.82 Å². The van der Waals surface area contributed by atoms with E-state index in [2.05, 4.69) is 9.97 Å². The summed E-state index contributed by atoms with van der Waals surface area (Å²) >= 11 is 12.3. The van der Waals surface area contributed by atoms with Crippen molar-refractivity contribution in [3.05, 3.63) is 56.4 Å². The molecule has 5 N–H and O–H groups in total. The first-order valence-electron chi connectivity index (χ1n) is 11.4. The van der Waals surface area contributed by atoms with Crippen molar-refractivity contribution < 1.29 is 33.1 Å². The number of aromatic nitrogens is 3. The molecule has 15 heteroatoms. The molecular formula is C22H23Cl2N4O8P. The molecular weight excluding hydrogens is 550 g/mol. The van der Waals surface area contributed by atoms with Crippen LogP contribution in [0.2, 0.25) is 10.0 Å². The number of fused-ring (bicyclic) bond motifs is 1. The lowest BCUT2D eigenvalue weighted by molar-refractivity contribution is -0.0967. The molecule has 1 aliphatic carbocycles. The minimum Gasteiger partial charge on any atom is -0.387 e. The largest absolute Gasteiger partial charge is 0.475 e. The highest BCUT2D eigenvalue weighted by atomic mass is 35.5. The van der Waals surface area contributed by atoms with Crippen LogP contribution in [0.1, 0.15) is 37.7 Å². The van der Waals surface area contributed by atoms with Gasteiger partial charge in [-0.2, -0.15) is 4.98 Å². The van der Waals surface area contributed by atoms with Crippen LogP contribution in [0.15, 0.2) is 35.3 Å². The van der Waals surface area contributed by atoms with Gasteiger partial charge in [-0.05, 0) is 25.1 Å². The second kappa shape index (κ2) is 8.51. The highest BCUT2D eigenvalue weighted by Gasteiger charge is 2.75. The maximum atomic E-state index is 13.4. The summed E-state index contributed by atoms with van der Waals surface area (Å²) in [6.45, 7) is 1.48. The van der Waals surface area contributed by atoms with Crippen LogP contribution in [0, 0.1) is 0 Å². The number of nitrogens with zero attached hydrogens (tertiary/aromatic N) is 2. The monoisotopic (exact) mass is 572 g/mol. The third-order valence-corrected chi connectivity index (χ3v) is 9.13. The average molecular weight is 573 g/mol. The van der Waals surface area contributed by atoms with Crippen molar-refractivity contribution in [2.45, 2.75) is 55.5 Å². The molecule has 3 fully saturated rings. The van der Waals surface area contributed by atoms with Gasteiger partial charge in [0.25, 0.3) is 5.56 Å². The first-order chi connectivity index (χ1) is 17.4. The minimum absolute atomic E-state index is 0.0847. The molecule has 1 saturated carbocycles. The standard InChI is InChI=1S/C22H23Cl2N4O8P/c1-21(31)18(30)22(34-19(21)28-6-4-12-16(28)26-20(25)27-17(12)29)9-15(22)36-37(32)33-7-5-14(35-37)11-3-2-10(23)8-13(11)24/h2-4,6,8,14-15,18-19,30-31H,5,7,9H2,1H3,(H3,25,26,27,29)/t14-,15-,18+,19-,21-,22?,37-/m1/s1. The summed E-state index contributed by atoms with van der Waals surface area (Å²) in [5, 5.41) is 23.4. The van der Waals surface area contributed by atoms with E-state index in [4.69, 9.17) is 47.2 Å². The number of halogens is 2. The molecule has 0 amide bonds.